The van der Waals surface area contributed by atoms with Gasteiger partial charge in [-0.2, -0.15) is 5.10 Å². The summed E-state index contributed by atoms with van der Waals surface area (Å²) >= 11 is 0. The molecule has 0 radical (unpaired) electrons. The summed E-state index contributed by atoms with van der Waals surface area (Å²) < 4.78 is 1.98. The standard InChI is InChI=1S/C22H32N4O.ClH/c1-15(2)19(23)13-14-25(4)22(27)21-18-7-5-6-8-20(18)26(24-21)17-11-9-16(3)10-12-17;/h9-12,15,19H,5-8,13-14,23H2,1-4H3;1H. The van der Waals surface area contributed by atoms with Gasteiger partial charge in [0, 0.05) is 30.9 Å². The fourth-order valence-electron chi connectivity index (χ4n) is 3.63. The Balaban J connectivity index is 0.00000280. The van der Waals surface area contributed by atoms with Crippen molar-refractivity contribution in [3.63, 3.8) is 0 Å². The number of aromatic nitrogens is 2. The number of nitrogens with zero attached hydrogens (tertiary/aromatic N) is 3. The van der Waals surface area contributed by atoms with E-state index in [1.54, 1.807) is 4.90 Å². The van der Waals surface area contributed by atoms with Crippen molar-refractivity contribution in [1.29, 1.82) is 0 Å². The lowest BCUT2D eigenvalue weighted by molar-refractivity contribution is 0.0781. The molecule has 0 saturated carbocycles. The summed E-state index contributed by atoms with van der Waals surface area (Å²) in [4.78, 5) is 14.9. The van der Waals surface area contributed by atoms with Gasteiger partial charge < -0.3 is 10.6 Å². The molecule has 1 aromatic carbocycles. The zero-order valence-corrected chi connectivity index (χ0v) is 18.3. The summed E-state index contributed by atoms with van der Waals surface area (Å²) in [7, 11) is 1.86. The number of carbonyl (C=O) groups is 1. The van der Waals surface area contributed by atoms with Crippen LogP contribution in [-0.4, -0.2) is 40.2 Å². The second-order valence-corrected chi connectivity index (χ2v) is 8.15. The van der Waals surface area contributed by atoms with E-state index >= 15 is 0 Å². The van der Waals surface area contributed by atoms with E-state index < -0.39 is 0 Å². The summed E-state index contributed by atoms with van der Waals surface area (Å²) in [5, 5.41) is 4.77. The quantitative estimate of drug-likeness (QED) is 0.793. The predicted octanol–water partition coefficient (Wildman–Crippen LogP) is 3.93. The van der Waals surface area contributed by atoms with E-state index in [1.165, 1.54) is 11.3 Å². The van der Waals surface area contributed by atoms with Crippen molar-refractivity contribution in [2.75, 3.05) is 13.6 Å². The van der Waals surface area contributed by atoms with Crippen LogP contribution in [-0.2, 0) is 12.8 Å². The Labute approximate surface area is 174 Å². The number of hydrogen-bond acceptors (Lipinski definition) is 3. The zero-order valence-electron chi connectivity index (χ0n) is 17.4. The monoisotopic (exact) mass is 404 g/mol. The van der Waals surface area contributed by atoms with Crippen molar-refractivity contribution in [3.8, 4) is 5.69 Å². The van der Waals surface area contributed by atoms with E-state index in [9.17, 15) is 4.79 Å². The first-order valence-corrected chi connectivity index (χ1v) is 10.1. The molecule has 1 unspecified atom stereocenters. The SMILES string of the molecule is Cc1ccc(-n2nc(C(=O)N(C)CCC(N)C(C)C)c3c2CCCC3)cc1.Cl. The topological polar surface area (TPSA) is 64.2 Å². The van der Waals surface area contributed by atoms with Crippen molar-refractivity contribution in [1.82, 2.24) is 14.7 Å². The molecule has 0 spiro atoms. The molecule has 1 amide bonds. The molecule has 2 aromatic rings. The minimum absolute atomic E-state index is 0. The van der Waals surface area contributed by atoms with Crippen LogP contribution in [0.3, 0.4) is 0 Å². The Kier molecular flexibility index (Phi) is 7.67. The van der Waals surface area contributed by atoms with Gasteiger partial charge in [-0.15, -0.1) is 12.4 Å². The summed E-state index contributed by atoms with van der Waals surface area (Å²) in [6, 6.07) is 8.45. The maximum atomic E-state index is 13.1. The molecule has 1 heterocycles. The smallest absolute Gasteiger partial charge is 0.274 e. The molecule has 1 aliphatic rings. The number of amides is 1. The Morgan fingerprint density at radius 2 is 1.86 bits per heavy atom. The van der Waals surface area contributed by atoms with Crippen LogP contribution in [0.25, 0.3) is 5.69 Å². The third-order valence-electron chi connectivity index (χ3n) is 5.66. The fraction of sp³-hybridized carbons (Fsp3) is 0.545. The molecule has 1 atom stereocenters. The van der Waals surface area contributed by atoms with Crippen LogP contribution in [0.4, 0.5) is 0 Å². The van der Waals surface area contributed by atoms with E-state index in [4.69, 9.17) is 10.8 Å². The van der Waals surface area contributed by atoms with E-state index in [1.807, 2.05) is 11.7 Å². The highest BCUT2D eigenvalue weighted by molar-refractivity contribution is 5.94. The molecule has 1 aliphatic carbocycles. The molecule has 1 aromatic heterocycles. The molecule has 5 nitrogen and oxygen atoms in total. The lowest BCUT2D eigenvalue weighted by Crippen LogP contribution is -2.35. The van der Waals surface area contributed by atoms with Crippen LogP contribution in [0.2, 0.25) is 0 Å². The highest BCUT2D eigenvalue weighted by Crippen LogP contribution is 2.28. The number of fused-ring (bicyclic) bond motifs is 1. The van der Waals surface area contributed by atoms with Gasteiger partial charge in [-0.05, 0) is 57.1 Å². The van der Waals surface area contributed by atoms with Gasteiger partial charge in [0.2, 0.25) is 0 Å². The van der Waals surface area contributed by atoms with Crippen LogP contribution in [0.5, 0.6) is 0 Å². The van der Waals surface area contributed by atoms with Crippen molar-refractivity contribution < 1.29 is 4.79 Å². The molecule has 2 N–H and O–H groups in total. The van der Waals surface area contributed by atoms with Crippen molar-refractivity contribution >= 4 is 18.3 Å². The van der Waals surface area contributed by atoms with E-state index in [0.29, 0.717) is 18.2 Å². The second-order valence-electron chi connectivity index (χ2n) is 8.15. The molecule has 154 valence electrons. The molecule has 0 saturated heterocycles. The largest absolute Gasteiger partial charge is 0.340 e. The minimum Gasteiger partial charge on any atom is -0.340 e. The number of carbonyl (C=O) groups excluding carboxylic acids is 1. The van der Waals surface area contributed by atoms with E-state index in [-0.39, 0.29) is 24.4 Å². The van der Waals surface area contributed by atoms with Crippen molar-refractivity contribution in [2.45, 2.75) is 58.9 Å². The first-order valence-electron chi connectivity index (χ1n) is 10.1. The number of nitrogens with two attached hydrogens (primary N) is 1. The van der Waals surface area contributed by atoms with Crippen molar-refractivity contribution in [2.24, 2.45) is 11.7 Å². The van der Waals surface area contributed by atoms with Crippen LogP contribution in [0.15, 0.2) is 24.3 Å². The molecular weight excluding hydrogens is 372 g/mol. The maximum Gasteiger partial charge on any atom is 0.274 e. The van der Waals surface area contributed by atoms with E-state index in [0.717, 1.165) is 43.4 Å². The summed E-state index contributed by atoms with van der Waals surface area (Å²) in [5.74, 6) is 0.428. The van der Waals surface area contributed by atoms with Gasteiger partial charge in [0.1, 0.15) is 0 Å². The lowest BCUT2D eigenvalue weighted by atomic mass is 9.95. The van der Waals surface area contributed by atoms with Gasteiger partial charge in [0.15, 0.2) is 5.69 Å². The number of rotatable bonds is 6. The van der Waals surface area contributed by atoms with Gasteiger partial charge >= 0.3 is 0 Å². The van der Waals surface area contributed by atoms with Gasteiger partial charge in [0.05, 0.1) is 5.69 Å². The first kappa shape index (κ1) is 22.4. The number of hydrogen-bond donors (Lipinski definition) is 1. The molecule has 0 bridgehead atoms. The summed E-state index contributed by atoms with van der Waals surface area (Å²) in [5.41, 5.74) is 11.3. The lowest BCUT2D eigenvalue weighted by Gasteiger charge is -2.21. The van der Waals surface area contributed by atoms with E-state index in [2.05, 4.69) is 45.0 Å². The number of halogens is 1. The van der Waals surface area contributed by atoms with Gasteiger partial charge in [-0.1, -0.05) is 31.5 Å². The number of aryl methyl sites for hydroxylation is 1. The third kappa shape index (κ3) is 4.76. The minimum atomic E-state index is 0. The van der Waals surface area contributed by atoms with Crippen LogP contribution in [0.1, 0.15) is 60.4 Å². The molecule has 3 rings (SSSR count). The van der Waals surface area contributed by atoms with Crippen LogP contribution >= 0.6 is 12.4 Å². The Morgan fingerprint density at radius 3 is 2.50 bits per heavy atom. The Hall–Kier alpha value is -1.85. The predicted molar refractivity (Wildman–Crippen MR) is 117 cm³/mol. The van der Waals surface area contributed by atoms with Crippen LogP contribution < -0.4 is 5.73 Å². The maximum absolute atomic E-state index is 13.1. The highest BCUT2D eigenvalue weighted by Gasteiger charge is 2.27. The Bertz CT molecular complexity index is 798. The Morgan fingerprint density at radius 1 is 1.21 bits per heavy atom. The average Bonchev–Trinajstić information content (AvgIpc) is 3.05. The zero-order chi connectivity index (χ0) is 19.6. The molecular formula is C22H33ClN4O. The summed E-state index contributed by atoms with van der Waals surface area (Å²) in [6.45, 7) is 6.97. The van der Waals surface area contributed by atoms with Gasteiger partial charge in [-0.25, -0.2) is 4.68 Å². The average molecular weight is 405 g/mol. The van der Waals surface area contributed by atoms with Crippen molar-refractivity contribution in [3.05, 3.63) is 46.8 Å². The van der Waals surface area contributed by atoms with Gasteiger partial charge in [-0.3, -0.25) is 4.79 Å². The normalized spacial score (nSPS) is 14.4. The first-order chi connectivity index (χ1) is 12.9. The molecule has 0 fully saturated rings. The molecule has 6 heteroatoms. The number of benzene rings is 1. The molecule has 0 aliphatic heterocycles. The summed E-state index contributed by atoms with van der Waals surface area (Å²) in [6.07, 6.45) is 4.99. The molecule has 28 heavy (non-hydrogen) atoms. The van der Waals surface area contributed by atoms with Gasteiger partial charge in [0.25, 0.3) is 5.91 Å². The third-order valence-corrected chi connectivity index (χ3v) is 5.66. The second kappa shape index (κ2) is 9.57. The fourth-order valence-corrected chi connectivity index (χ4v) is 3.63. The highest BCUT2D eigenvalue weighted by atomic mass is 35.5. The van der Waals surface area contributed by atoms with Crippen LogP contribution in [0, 0.1) is 12.8 Å².